The summed E-state index contributed by atoms with van der Waals surface area (Å²) in [5.74, 6) is 0.263. The van der Waals surface area contributed by atoms with E-state index in [1.165, 1.54) is 6.07 Å². The molecule has 0 aliphatic carbocycles. The van der Waals surface area contributed by atoms with E-state index in [0.29, 0.717) is 49.4 Å². The van der Waals surface area contributed by atoms with Crippen LogP contribution in [0.5, 0.6) is 0 Å². The Morgan fingerprint density at radius 3 is 2.59 bits per heavy atom. The lowest BCUT2D eigenvalue weighted by Gasteiger charge is -2.40. The summed E-state index contributed by atoms with van der Waals surface area (Å²) in [4.78, 5) is 33.8. The van der Waals surface area contributed by atoms with Gasteiger partial charge in [0.05, 0.1) is 5.52 Å². The quantitative estimate of drug-likeness (QED) is 0.533. The monoisotopic (exact) mass is 522 g/mol. The van der Waals surface area contributed by atoms with Crippen molar-refractivity contribution in [2.75, 3.05) is 37.6 Å². The SMILES string of the molecule is C[C@H]1CN(C(=O)C[C@@H]2CCOC2)CCN1C(=O)c1ccc(NS(=O)(=O)c2cccc3cccnc23)cc1. The number of para-hydroxylation sites is 1. The first-order chi connectivity index (χ1) is 17.8. The largest absolute Gasteiger partial charge is 0.381 e. The summed E-state index contributed by atoms with van der Waals surface area (Å²) in [5.41, 5.74) is 1.21. The smallest absolute Gasteiger partial charge is 0.264 e. The molecule has 2 fully saturated rings. The van der Waals surface area contributed by atoms with Gasteiger partial charge >= 0.3 is 0 Å². The fraction of sp³-hybridized carbons (Fsp3) is 0.370. The molecule has 0 unspecified atom stereocenters. The van der Waals surface area contributed by atoms with Gasteiger partial charge in [-0.3, -0.25) is 19.3 Å². The van der Waals surface area contributed by atoms with Gasteiger partial charge in [-0.25, -0.2) is 8.42 Å². The molecule has 2 amide bonds. The molecule has 194 valence electrons. The van der Waals surface area contributed by atoms with Crippen LogP contribution in [0.1, 0.15) is 30.1 Å². The van der Waals surface area contributed by atoms with Gasteiger partial charge < -0.3 is 14.5 Å². The summed E-state index contributed by atoms with van der Waals surface area (Å²) in [6.45, 7) is 4.75. The molecule has 9 nitrogen and oxygen atoms in total. The van der Waals surface area contributed by atoms with Gasteiger partial charge in [-0.2, -0.15) is 0 Å². The number of anilines is 1. The zero-order chi connectivity index (χ0) is 26.0. The maximum Gasteiger partial charge on any atom is 0.264 e. The maximum absolute atomic E-state index is 13.2. The van der Waals surface area contributed by atoms with Crippen molar-refractivity contribution in [3.63, 3.8) is 0 Å². The molecule has 2 atom stereocenters. The van der Waals surface area contributed by atoms with Gasteiger partial charge in [0.1, 0.15) is 4.90 Å². The van der Waals surface area contributed by atoms with Crippen LogP contribution in [0.2, 0.25) is 0 Å². The number of piperazine rings is 1. The summed E-state index contributed by atoms with van der Waals surface area (Å²) >= 11 is 0. The standard InChI is InChI=1S/C27H30N4O5S/c1-19-17-30(25(32)16-20-11-15-36-18-20)13-14-31(19)27(33)22-7-9-23(10-8-22)29-37(34,35)24-6-2-4-21-5-3-12-28-26(21)24/h2-10,12,19-20,29H,11,13-18H2,1H3/t19-,20-/m0/s1. The van der Waals surface area contributed by atoms with E-state index in [0.717, 1.165) is 18.4 Å². The Morgan fingerprint density at radius 1 is 1.08 bits per heavy atom. The molecule has 2 aliphatic rings. The van der Waals surface area contributed by atoms with Crippen molar-refractivity contribution in [2.45, 2.75) is 30.7 Å². The Kier molecular flexibility index (Phi) is 7.12. The number of nitrogens with one attached hydrogen (secondary N) is 1. The van der Waals surface area contributed by atoms with E-state index in [9.17, 15) is 18.0 Å². The van der Waals surface area contributed by atoms with Crippen LogP contribution in [-0.2, 0) is 19.6 Å². The number of aromatic nitrogens is 1. The second-order valence-electron chi connectivity index (χ2n) is 9.64. The Bertz CT molecular complexity index is 1400. The van der Waals surface area contributed by atoms with Crippen molar-refractivity contribution in [3.8, 4) is 0 Å². The topological polar surface area (TPSA) is 109 Å². The predicted molar refractivity (Wildman–Crippen MR) is 140 cm³/mol. The number of pyridine rings is 1. The van der Waals surface area contributed by atoms with E-state index >= 15 is 0 Å². The molecule has 0 spiro atoms. The van der Waals surface area contributed by atoms with Crippen LogP contribution in [0.25, 0.3) is 10.9 Å². The minimum Gasteiger partial charge on any atom is -0.381 e. The van der Waals surface area contributed by atoms with Crippen molar-refractivity contribution in [2.24, 2.45) is 5.92 Å². The molecule has 1 aromatic heterocycles. The molecular formula is C27H30N4O5S. The van der Waals surface area contributed by atoms with Crippen molar-refractivity contribution in [1.82, 2.24) is 14.8 Å². The highest BCUT2D eigenvalue weighted by molar-refractivity contribution is 7.93. The van der Waals surface area contributed by atoms with E-state index in [2.05, 4.69) is 9.71 Å². The molecule has 1 N–H and O–H groups in total. The first-order valence-electron chi connectivity index (χ1n) is 12.4. The summed E-state index contributed by atoms with van der Waals surface area (Å²) in [7, 11) is -3.88. The zero-order valence-electron chi connectivity index (χ0n) is 20.7. The molecule has 2 aliphatic heterocycles. The van der Waals surface area contributed by atoms with Crippen LogP contribution < -0.4 is 4.72 Å². The molecule has 37 heavy (non-hydrogen) atoms. The molecule has 5 rings (SSSR count). The summed E-state index contributed by atoms with van der Waals surface area (Å²) in [6, 6.07) is 14.8. The molecule has 10 heteroatoms. The average molecular weight is 523 g/mol. The van der Waals surface area contributed by atoms with Gasteiger partial charge in [-0.1, -0.05) is 18.2 Å². The lowest BCUT2D eigenvalue weighted by Crippen LogP contribution is -2.55. The first-order valence-corrected chi connectivity index (χ1v) is 13.9. The number of hydrogen-bond acceptors (Lipinski definition) is 6. The minimum absolute atomic E-state index is 0.0902. The van der Waals surface area contributed by atoms with Crippen LogP contribution in [0.15, 0.2) is 65.7 Å². The van der Waals surface area contributed by atoms with E-state index < -0.39 is 10.0 Å². The van der Waals surface area contributed by atoms with Crippen molar-refractivity contribution in [3.05, 3.63) is 66.4 Å². The lowest BCUT2D eigenvalue weighted by molar-refractivity contribution is -0.134. The number of carbonyl (C=O) groups excluding carboxylic acids is 2. The fourth-order valence-corrected chi connectivity index (χ4v) is 6.20. The van der Waals surface area contributed by atoms with E-state index in [4.69, 9.17) is 4.74 Å². The highest BCUT2D eigenvalue weighted by atomic mass is 32.2. The van der Waals surface area contributed by atoms with E-state index in [-0.39, 0.29) is 28.7 Å². The Balaban J connectivity index is 1.22. The van der Waals surface area contributed by atoms with Crippen LogP contribution >= 0.6 is 0 Å². The third-order valence-electron chi connectivity index (χ3n) is 7.00. The van der Waals surface area contributed by atoms with Crippen LogP contribution in [-0.4, -0.2) is 73.9 Å². The number of rotatable bonds is 6. The highest BCUT2D eigenvalue weighted by Gasteiger charge is 2.31. The molecule has 3 aromatic rings. The zero-order valence-corrected chi connectivity index (χ0v) is 21.5. The number of sulfonamides is 1. The number of hydrogen-bond donors (Lipinski definition) is 1. The fourth-order valence-electron chi connectivity index (χ4n) is 4.96. The number of benzene rings is 2. The van der Waals surface area contributed by atoms with Crippen LogP contribution in [0.4, 0.5) is 5.69 Å². The number of fused-ring (bicyclic) bond motifs is 1. The highest BCUT2D eigenvalue weighted by Crippen LogP contribution is 2.24. The molecule has 0 saturated carbocycles. The van der Waals surface area contributed by atoms with Crippen LogP contribution in [0, 0.1) is 5.92 Å². The first kappa shape index (κ1) is 25.2. The Labute approximate surface area is 216 Å². The summed E-state index contributed by atoms with van der Waals surface area (Å²) < 4.78 is 34.1. The number of ether oxygens (including phenoxy) is 1. The molecule has 0 bridgehead atoms. The summed E-state index contributed by atoms with van der Waals surface area (Å²) in [6.07, 6.45) is 2.97. The van der Waals surface area contributed by atoms with Crippen LogP contribution in [0.3, 0.4) is 0 Å². The van der Waals surface area contributed by atoms with Gasteiger partial charge in [0, 0.05) is 68.1 Å². The lowest BCUT2D eigenvalue weighted by atomic mass is 10.0. The second kappa shape index (κ2) is 10.5. The Hall–Kier alpha value is -3.50. The predicted octanol–water partition coefficient (Wildman–Crippen LogP) is 3.14. The van der Waals surface area contributed by atoms with Gasteiger partial charge in [0.25, 0.3) is 15.9 Å². The van der Waals surface area contributed by atoms with Crippen molar-refractivity contribution >= 4 is 38.4 Å². The number of nitrogens with zero attached hydrogens (tertiary/aromatic N) is 3. The normalized spacial score (nSPS) is 20.2. The molecule has 2 saturated heterocycles. The van der Waals surface area contributed by atoms with Crippen molar-refractivity contribution in [1.29, 1.82) is 0 Å². The van der Waals surface area contributed by atoms with Gasteiger partial charge in [0.2, 0.25) is 5.91 Å². The second-order valence-corrected chi connectivity index (χ2v) is 11.3. The Morgan fingerprint density at radius 2 is 1.86 bits per heavy atom. The molecular weight excluding hydrogens is 492 g/mol. The third kappa shape index (κ3) is 5.45. The number of carbonyl (C=O) groups is 2. The molecule has 0 radical (unpaired) electrons. The average Bonchev–Trinajstić information content (AvgIpc) is 3.41. The van der Waals surface area contributed by atoms with E-state index in [1.54, 1.807) is 47.5 Å². The van der Waals surface area contributed by atoms with E-state index in [1.807, 2.05) is 24.0 Å². The minimum atomic E-state index is -3.88. The third-order valence-corrected chi connectivity index (χ3v) is 8.41. The molecule has 3 heterocycles. The van der Waals surface area contributed by atoms with Crippen molar-refractivity contribution < 1.29 is 22.7 Å². The summed E-state index contributed by atoms with van der Waals surface area (Å²) in [5, 5.41) is 0.731. The van der Waals surface area contributed by atoms with Gasteiger partial charge in [-0.15, -0.1) is 0 Å². The number of amides is 2. The van der Waals surface area contributed by atoms with Gasteiger partial charge in [0.15, 0.2) is 0 Å². The maximum atomic E-state index is 13.2. The van der Waals surface area contributed by atoms with Gasteiger partial charge in [-0.05, 0) is 55.7 Å². The molecule has 2 aromatic carbocycles.